The molecule has 3 aliphatic rings. The molecular weight excluding hydrogens is 510 g/mol. The molecule has 2 unspecified atom stereocenters. The van der Waals surface area contributed by atoms with Gasteiger partial charge in [-0.3, -0.25) is 14.6 Å². The molecule has 2 fully saturated rings. The number of piperidine rings is 1. The molecule has 0 saturated carbocycles. The van der Waals surface area contributed by atoms with Gasteiger partial charge in [0.25, 0.3) is 12.3 Å². The van der Waals surface area contributed by atoms with Gasteiger partial charge in [0.05, 0.1) is 24.2 Å². The molecule has 0 spiro atoms. The summed E-state index contributed by atoms with van der Waals surface area (Å²) in [7, 11) is 1.40. The van der Waals surface area contributed by atoms with Crippen LogP contribution in [0.5, 0.6) is 0 Å². The van der Waals surface area contributed by atoms with E-state index in [9.17, 15) is 35.9 Å². The molecular formula is C22H26F6N6O3. The Hall–Kier alpha value is -3.04. The van der Waals surface area contributed by atoms with Gasteiger partial charge in [-0.15, -0.1) is 0 Å². The first-order chi connectivity index (χ1) is 17.3. The number of benzene rings is 1. The molecule has 3 amide bonds. The fourth-order valence-electron chi connectivity index (χ4n) is 4.62. The summed E-state index contributed by atoms with van der Waals surface area (Å²) in [6.45, 7) is 1.75. The Morgan fingerprint density at radius 2 is 2.05 bits per heavy atom. The highest BCUT2D eigenvalue weighted by Crippen LogP contribution is 2.38. The van der Waals surface area contributed by atoms with Gasteiger partial charge in [-0.25, -0.2) is 28.5 Å². The molecule has 2 atom stereocenters. The number of alkyl halides is 5. The maximum absolute atomic E-state index is 13.6. The first-order valence-corrected chi connectivity index (χ1v) is 11.4. The SMILES string of the molecule is CN1OC(CNCC(F)F)CN2NC3(C)CCN(C(=O)Nc4ccc(F)c(C(F)(F)F)c4)CC3=C2C1=O. The van der Waals surface area contributed by atoms with E-state index in [0.29, 0.717) is 24.1 Å². The summed E-state index contributed by atoms with van der Waals surface area (Å²) in [6.07, 6.45) is -7.73. The summed E-state index contributed by atoms with van der Waals surface area (Å²) in [5.74, 6) is -1.96. The molecule has 9 nitrogen and oxygen atoms in total. The van der Waals surface area contributed by atoms with Crippen molar-refractivity contribution < 1.29 is 40.8 Å². The van der Waals surface area contributed by atoms with Crippen LogP contribution >= 0.6 is 0 Å². The second-order valence-corrected chi connectivity index (χ2v) is 9.26. The normalized spacial score (nSPS) is 24.4. The second-order valence-electron chi connectivity index (χ2n) is 9.26. The predicted molar refractivity (Wildman–Crippen MR) is 118 cm³/mol. The summed E-state index contributed by atoms with van der Waals surface area (Å²) >= 11 is 0. The van der Waals surface area contributed by atoms with E-state index >= 15 is 0 Å². The predicted octanol–water partition coefficient (Wildman–Crippen LogP) is 2.54. The van der Waals surface area contributed by atoms with Crippen LogP contribution in [0, 0.1) is 5.82 Å². The van der Waals surface area contributed by atoms with Crippen LogP contribution in [0.4, 0.5) is 36.8 Å². The Bertz CT molecular complexity index is 1100. The van der Waals surface area contributed by atoms with Crippen molar-refractivity contribution in [1.82, 2.24) is 25.7 Å². The van der Waals surface area contributed by atoms with E-state index < -0.39 is 54.1 Å². The molecule has 3 heterocycles. The molecule has 0 bridgehead atoms. The van der Waals surface area contributed by atoms with Crippen LogP contribution in [0.3, 0.4) is 0 Å². The molecule has 1 aromatic carbocycles. The van der Waals surface area contributed by atoms with E-state index in [1.54, 1.807) is 5.01 Å². The highest BCUT2D eigenvalue weighted by molar-refractivity contribution is 5.95. The molecule has 2 saturated heterocycles. The average molecular weight is 536 g/mol. The van der Waals surface area contributed by atoms with Crippen LogP contribution < -0.4 is 16.1 Å². The summed E-state index contributed by atoms with van der Waals surface area (Å²) in [6, 6.07) is 1.46. The van der Waals surface area contributed by atoms with Crippen molar-refractivity contribution in [2.24, 2.45) is 0 Å². The number of rotatable bonds is 5. The molecule has 1 aromatic rings. The molecule has 4 rings (SSSR count). The zero-order chi connectivity index (χ0) is 27.1. The van der Waals surface area contributed by atoms with Crippen molar-refractivity contribution in [2.75, 3.05) is 45.1 Å². The maximum Gasteiger partial charge on any atom is 0.419 e. The number of anilines is 1. The first-order valence-electron chi connectivity index (χ1n) is 11.4. The van der Waals surface area contributed by atoms with Gasteiger partial charge < -0.3 is 15.5 Å². The van der Waals surface area contributed by atoms with Gasteiger partial charge in [0.2, 0.25) is 0 Å². The topological polar surface area (TPSA) is 89.2 Å². The average Bonchev–Trinajstić information content (AvgIpc) is 3.03. The largest absolute Gasteiger partial charge is 0.419 e. The minimum Gasteiger partial charge on any atom is -0.320 e. The van der Waals surface area contributed by atoms with E-state index in [1.165, 1.54) is 11.9 Å². The third-order valence-corrected chi connectivity index (χ3v) is 6.50. The van der Waals surface area contributed by atoms with Gasteiger partial charge in [-0.05, 0) is 31.5 Å². The molecule has 15 heteroatoms. The molecule has 3 aliphatic heterocycles. The number of hydrogen-bond donors (Lipinski definition) is 3. The molecule has 204 valence electrons. The number of nitrogens with one attached hydrogen (secondary N) is 3. The van der Waals surface area contributed by atoms with E-state index in [0.717, 1.165) is 11.1 Å². The highest BCUT2D eigenvalue weighted by Gasteiger charge is 2.49. The van der Waals surface area contributed by atoms with E-state index in [2.05, 4.69) is 16.1 Å². The van der Waals surface area contributed by atoms with Crippen LogP contribution in [0.1, 0.15) is 18.9 Å². The Labute approximate surface area is 208 Å². The summed E-state index contributed by atoms with van der Waals surface area (Å²) in [4.78, 5) is 33.0. The number of hydrogen-bond acceptors (Lipinski definition) is 6. The lowest BCUT2D eigenvalue weighted by molar-refractivity contribution is -0.187. The number of carbonyl (C=O) groups excluding carboxylic acids is 2. The van der Waals surface area contributed by atoms with Crippen molar-refractivity contribution in [1.29, 1.82) is 0 Å². The fourth-order valence-corrected chi connectivity index (χ4v) is 4.62. The molecule has 37 heavy (non-hydrogen) atoms. The number of amides is 3. The smallest absolute Gasteiger partial charge is 0.320 e. The number of hydrazine groups is 1. The number of likely N-dealkylation sites (N-methyl/N-ethyl adjacent to an activating group) is 1. The van der Waals surface area contributed by atoms with Crippen LogP contribution in [0.2, 0.25) is 0 Å². The van der Waals surface area contributed by atoms with Crippen molar-refractivity contribution in [3.8, 4) is 0 Å². The lowest BCUT2D eigenvalue weighted by Crippen LogP contribution is -2.55. The maximum atomic E-state index is 13.6. The fraction of sp³-hybridized carbons (Fsp3) is 0.545. The quantitative estimate of drug-likeness (QED) is 0.502. The van der Waals surface area contributed by atoms with Crippen LogP contribution in [0.15, 0.2) is 29.5 Å². The van der Waals surface area contributed by atoms with E-state index in [-0.39, 0.29) is 37.6 Å². The zero-order valence-electron chi connectivity index (χ0n) is 20.0. The zero-order valence-corrected chi connectivity index (χ0v) is 20.0. The Balaban J connectivity index is 1.52. The summed E-state index contributed by atoms with van der Waals surface area (Å²) < 4.78 is 77.7. The van der Waals surface area contributed by atoms with Crippen molar-refractivity contribution in [2.45, 2.75) is 37.6 Å². The molecule has 0 aliphatic carbocycles. The molecule has 3 N–H and O–H groups in total. The Morgan fingerprint density at radius 3 is 2.73 bits per heavy atom. The minimum absolute atomic E-state index is 0.0115. The first kappa shape index (κ1) is 27.0. The van der Waals surface area contributed by atoms with Crippen molar-refractivity contribution in [3.63, 3.8) is 0 Å². The van der Waals surface area contributed by atoms with Crippen LogP contribution in [-0.2, 0) is 15.8 Å². The van der Waals surface area contributed by atoms with E-state index in [4.69, 9.17) is 4.84 Å². The molecule has 0 aromatic heterocycles. The summed E-state index contributed by atoms with van der Waals surface area (Å²) in [5.41, 5.74) is 1.67. The van der Waals surface area contributed by atoms with Crippen molar-refractivity contribution >= 4 is 17.6 Å². The van der Waals surface area contributed by atoms with Gasteiger partial charge in [0, 0.05) is 37.9 Å². The highest BCUT2D eigenvalue weighted by atomic mass is 19.4. The molecule has 0 radical (unpaired) electrons. The standard InChI is InChI=1S/C22H26F6N6O3/c1-21-5-6-33(20(36)30-12-3-4-16(23)14(7-12)22(26,27)28)11-15(21)18-19(35)32(2)37-13(10-34(18)31-21)8-29-9-17(24)25/h3-4,7,13,17,29,31H,5-6,8-11H2,1-2H3,(H,30,36). The van der Waals surface area contributed by atoms with Gasteiger partial charge >= 0.3 is 12.2 Å². The lowest BCUT2D eigenvalue weighted by atomic mass is 9.85. The Kier molecular flexibility index (Phi) is 7.32. The second kappa shape index (κ2) is 10.0. The van der Waals surface area contributed by atoms with Crippen molar-refractivity contribution in [3.05, 3.63) is 40.8 Å². The van der Waals surface area contributed by atoms with Gasteiger partial charge in [0.15, 0.2) is 0 Å². The van der Waals surface area contributed by atoms with Crippen LogP contribution in [-0.4, -0.2) is 84.8 Å². The number of fused-ring (bicyclic) bond motifs is 2. The van der Waals surface area contributed by atoms with E-state index in [1.807, 2.05) is 6.92 Å². The minimum atomic E-state index is -4.93. The number of likely N-dealkylation sites (tertiary alicyclic amines) is 1. The van der Waals surface area contributed by atoms with Gasteiger partial charge in [0.1, 0.15) is 17.6 Å². The third-order valence-electron chi connectivity index (χ3n) is 6.50. The van der Waals surface area contributed by atoms with Crippen LogP contribution in [0.25, 0.3) is 0 Å². The lowest BCUT2D eigenvalue weighted by Gasteiger charge is -2.39. The number of hydroxylamine groups is 2. The number of nitrogens with zero attached hydrogens (tertiary/aromatic N) is 3. The summed E-state index contributed by atoms with van der Waals surface area (Å²) in [5, 5.41) is 7.56. The number of carbonyl (C=O) groups is 2. The number of halogens is 6. The van der Waals surface area contributed by atoms with Gasteiger partial charge in [-0.1, -0.05) is 0 Å². The van der Waals surface area contributed by atoms with Gasteiger partial charge in [-0.2, -0.15) is 13.2 Å². The monoisotopic (exact) mass is 536 g/mol. The third kappa shape index (κ3) is 5.62. The Morgan fingerprint density at radius 1 is 1.32 bits per heavy atom. The number of urea groups is 1.